The third-order valence-corrected chi connectivity index (χ3v) is 4.70. The van der Waals surface area contributed by atoms with E-state index in [0.29, 0.717) is 25.0 Å². The zero-order valence-electron chi connectivity index (χ0n) is 14.5. The Morgan fingerprint density at radius 1 is 1.23 bits per heavy atom. The minimum absolute atomic E-state index is 0.0146. The monoisotopic (exact) mass is 345 g/mol. The lowest BCUT2D eigenvalue weighted by Gasteiger charge is -2.04. The maximum absolute atomic E-state index is 12.5. The lowest BCUT2D eigenvalue weighted by molar-refractivity contribution is -0.113. The lowest BCUT2D eigenvalue weighted by Crippen LogP contribution is -2.03. The molecule has 2 aromatic heterocycles. The summed E-state index contributed by atoms with van der Waals surface area (Å²) in [5, 5.41) is 5.53. The molecule has 0 bridgehead atoms. The van der Waals surface area contributed by atoms with Crippen molar-refractivity contribution in [3.05, 3.63) is 66.0 Å². The fraction of sp³-hybridized carbons (Fsp3) is 0.190. The molecule has 0 saturated heterocycles. The van der Waals surface area contributed by atoms with Crippen molar-refractivity contribution in [2.45, 2.75) is 19.3 Å². The van der Waals surface area contributed by atoms with Crippen molar-refractivity contribution in [2.24, 2.45) is 7.05 Å². The van der Waals surface area contributed by atoms with Gasteiger partial charge in [-0.05, 0) is 36.8 Å². The molecular weight excluding hydrogens is 326 g/mol. The van der Waals surface area contributed by atoms with E-state index in [9.17, 15) is 9.59 Å². The van der Waals surface area contributed by atoms with E-state index in [4.69, 9.17) is 0 Å². The predicted molar refractivity (Wildman–Crippen MR) is 101 cm³/mol. The summed E-state index contributed by atoms with van der Waals surface area (Å²) in [6.45, 7) is 0. The van der Waals surface area contributed by atoms with Crippen LogP contribution < -0.4 is 0 Å². The highest BCUT2D eigenvalue weighted by Crippen LogP contribution is 2.25. The van der Waals surface area contributed by atoms with Crippen LogP contribution in [0, 0.1) is 0 Å². The van der Waals surface area contributed by atoms with E-state index in [0.717, 1.165) is 27.7 Å². The van der Waals surface area contributed by atoms with Crippen LogP contribution in [0.15, 0.2) is 60.3 Å². The first-order valence-corrected chi connectivity index (χ1v) is 8.65. The number of rotatable bonds is 5. The fourth-order valence-electron chi connectivity index (χ4n) is 3.23. The second-order valence-electron chi connectivity index (χ2n) is 6.52. The van der Waals surface area contributed by atoms with Gasteiger partial charge in [0.1, 0.15) is 5.69 Å². The van der Waals surface area contributed by atoms with Crippen LogP contribution in [0.1, 0.15) is 29.8 Å². The minimum Gasteiger partial charge on any atom is -0.361 e. The normalized spacial score (nSPS) is 14.0. The number of hydrogen-bond donors (Lipinski definition) is 1. The Bertz CT molecular complexity index is 1070. The molecule has 5 heteroatoms. The third kappa shape index (κ3) is 3.16. The Balaban J connectivity index is 1.51. The van der Waals surface area contributed by atoms with Crippen LogP contribution in [0.3, 0.4) is 0 Å². The number of hydrogen-bond acceptors (Lipinski definition) is 3. The van der Waals surface area contributed by atoms with Crippen LogP contribution in [-0.2, 0) is 11.8 Å². The predicted octanol–water partition coefficient (Wildman–Crippen LogP) is 3.99. The summed E-state index contributed by atoms with van der Waals surface area (Å²) >= 11 is 0. The molecule has 0 atom stereocenters. The molecule has 0 radical (unpaired) electrons. The summed E-state index contributed by atoms with van der Waals surface area (Å²) in [6.07, 6.45) is 8.63. The topological polar surface area (TPSA) is 67.8 Å². The molecule has 1 aliphatic carbocycles. The average Bonchev–Trinajstić information content (AvgIpc) is 3.26. The summed E-state index contributed by atoms with van der Waals surface area (Å²) in [5.41, 5.74) is 4.54. The van der Waals surface area contributed by atoms with E-state index in [1.807, 2.05) is 43.6 Å². The van der Waals surface area contributed by atoms with E-state index >= 15 is 0 Å². The first-order valence-electron chi connectivity index (χ1n) is 8.65. The van der Waals surface area contributed by atoms with Crippen molar-refractivity contribution in [1.82, 2.24) is 14.8 Å². The number of aryl methyl sites for hydroxylation is 1. The number of H-pyrrole nitrogens is 1. The number of aromatic amines is 1. The van der Waals surface area contributed by atoms with Gasteiger partial charge in [0, 0.05) is 42.6 Å². The summed E-state index contributed by atoms with van der Waals surface area (Å²) in [7, 11) is 1.85. The number of nitrogens with zero attached hydrogens (tertiary/aromatic N) is 2. The van der Waals surface area contributed by atoms with Crippen LogP contribution in [0.25, 0.3) is 22.2 Å². The Morgan fingerprint density at radius 3 is 2.92 bits per heavy atom. The molecule has 0 amide bonds. The number of benzene rings is 1. The summed E-state index contributed by atoms with van der Waals surface area (Å²) in [4.78, 5) is 26.9. The van der Waals surface area contributed by atoms with Crippen molar-refractivity contribution in [3.8, 4) is 11.3 Å². The molecule has 26 heavy (non-hydrogen) atoms. The van der Waals surface area contributed by atoms with Crippen LogP contribution in [0.5, 0.6) is 0 Å². The number of nitrogens with one attached hydrogen (secondary N) is 1. The van der Waals surface area contributed by atoms with Crippen LogP contribution >= 0.6 is 0 Å². The van der Waals surface area contributed by atoms with Gasteiger partial charge in [0.05, 0.1) is 5.69 Å². The Kier molecular flexibility index (Phi) is 4.13. The Hall–Kier alpha value is -3.21. The number of aromatic nitrogens is 3. The van der Waals surface area contributed by atoms with Gasteiger partial charge in [0.25, 0.3) is 0 Å². The van der Waals surface area contributed by atoms with Crippen molar-refractivity contribution in [1.29, 1.82) is 0 Å². The van der Waals surface area contributed by atoms with Gasteiger partial charge < -0.3 is 4.98 Å². The highest BCUT2D eigenvalue weighted by atomic mass is 16.1. The van der Waals surface area contributed by atoms with Gasteiger partial charge in [-0.15, -0.1) is 0 Å². The molecule has 0 unspecified atom stereocenters. The van der Waals surface area contributed by atoms with Crippen LogP contribution in [-0.4, -0.2) is 26.3 Å². The van der Waals surface area contributed by atoms with Gasteiger partial charge in [-0.3, -0.25) is 14.3 Å². The number of ketones is 2. The van der Waals surface area contributed by atoms with Gasteiger partial charge in [-0.2, -0.15) is 5.10 Å². The quantitative estimate of drug-likeness (QED) is 0.711. The molecule has 0 aliphatic heterocycles. The number of allylic oxidation sites excluding steroid dienone is 4. The molecule has 1 N–H and O–H groups in total. The van der Waals surface area contributed by atoms with E-state index in [2.05, 4.69) is 16.1 Å². The SMILES string of the molecule is Cn1nc(C(=O)CCC2=CCC(=O)C=C2)cc1-c1ccc2[nH]ccc2c1. The first kappa shape index (κ1) is 16.3. The molecule has 1 aliphatic rings. The van der Waals surface area contributed by atoms with Crippen LogP contribution in [0.4, 0.5) is 0 Å². The largest absolute Gasteiger partial charge is 0.361 e. The minimum atomic E-state index is 0.0146. The third-order valence-electron chi connectivity index (χ3n) is 4.70. The fourth-order valence-corrected chi connectivity index (χ4v) is 3.23. The standard InChI is InChI=1S/C21H19N3O2/c1-24-20(16-5-8-18-15(12-16)10-11-22-18)13-19(23-24)21(26)9-4-14-2-6-17(25)7-3-14/h2-3,5-6,8,10-13,22H,4,7,9H2,1H3. The van der Waals surface area contributed by atoms with Crippen molar-refractivity contribution < 1.29 is 9.59 Å². The summed E-state index contributed by atoms with van der Waals surface area (Å²) in [6, 6.07) is 10.0. The molecule has 0 fully saturated rings. The highest BCUT2D eigenvalue weighted by molar-refractivity contribution is 5.96. The number of fused-ring (bicyclic) bond motifs is 1. The summed E-state index contributed by atoms with van der Waals surface area (Å²) in [5.74, 6) is 0.120. The van der Waals surface area contributed by atoms with Gasteiger partial charge in [0.15, 0.2) is 11.6 Å². The molecular formula is C21H19N3O2. The maximum Gasteiger partial charge on any atom is 0.183 e. The van der Waals surface area contributed by atoms with E-state index < -0.39 is 0 Å². The van der Waals surface area contributed by atoms with Gasteiger partial charge in [-0.25, -0.2) is 0 Å². The number of carbonyl (C=O) groups is 2. The van der Waals surface area contributed by atoms with Crippen LogP contribution in [0.2, 0.25) is 0 Å². The zero-order chi connectivity index (χ0) is 18.1. The van der Waals surface area contributed by atoms with Crippen molar-refractivity contribution >= 4 is 22.5 Å². The van der Waals surface area contributed by atoms with Crippen molar-refractivity contribution in [3.63, 3.8) is 0 Å². The highest BCUT2D eigenvalue weighted by Gasteiger charge is 2.15. The van der Waals surface area contributed by atoms with Gasteiger partial charge in [-0.1, -0.05) is 23.8 Å². The van der Waals surface area contributed by atoms with Gasteiger partial charge >= 0.3 is 0 Å². The molecule has 130 valence electrons. The Morgan fingerprint density at radius 2 is 2.12 bits per heavy atom. The molecule has 2 heterocycles. The summed E-state index contributed by atoms with van der Waals surface area (Å²) < 4.78 is 1.75. The zero-order valence-corrected chi connectivity index (χ0v) is 14.5. The maximum atomic E-state index is 12.5. The number of carbonyl (C=O) groups excluding carboxylic acids is 2. The molecule has 0 spiro atoms. The molecule has 3 aromatic rings. The molecule has 4 rings (SSSR count). The average molecular weight is 345 g/mol. The smallest absolute Gasteiger partial charge is 0.183 e. The lowest BCUT2D eigenvalue weighted by atomic mass is 10.00. The molecule has 0 saturated carbocycles. The Labute approximate surface area is 151 Å². The number of Topliss-reactive ketones (excluding diaryl/α,β-unsaturated/α-hetero) is 1. The van der Waals surface area contributed by atoms with E-state index in [-0.39, 0.29) is 11.6 Å². The van der Waals surface area contributed by atoms with Crippen molar-refractivity contribution in [2.75, 3.05) is 0 Å². The van der Waals surface area contributed by atoms with E-state index in [1.54, 1.807) is 16.8 Å². The van der Waals surface area contributed by atoms with Gasteiger partial charge in [0.2, 0.25) is 0 Å². The second kappa shape index (κ2) is 6.59. The molecule has 5 nitrogen and oxygen atoms in total. The first-order chi connectivity index (χ1) is 12.6. The second-order valence-corrected chi connectivity index (χ2v) is 6.52. The van der Waals surface area contributed by atoms with E-state index in [1.165, 1.54) is 0 Å². The molecule has 1 aromatic carbocycles.